The Morgan fingerprint density at radius 2 is 2.07 bits per heavy atom. The van der Waals surface area contributed by atoms with Gasteiger partial charge in [0.05, 0.1) is 0 Å². The van der Waals surface area contributed by atoms with E-state index in [0.717, 1.165) is 0 Å². The summed E-state index contributed by atoms with van der Waals surface area (Å²) < 4.78 is 0. The van der Waals surface area contributed by atoms with E-state index in [9.17, 15) is 0 Å². The van der Waals surface area contributed by atoms with Gasteiger partial charge in [-0.1, -0.05) is 26.7 Å². The Morgan fingerprint density at radius 3 is 2.71 bits per heavy atom. The van der Waals surface area contributed by atoms with E-state index in [4.69, 9.17) is 5.73 Å². The van der Waals surface area contributed by atoms with Crippen LogP contribution in [0.1, 0.15) is 52.4 Å². The molecule has 1 rings (SSSR count). The van der Waals surface area contributed by atoms with E-state index in [1.807, 2.05) is 0 Å². The summed E-state index contributed by atoms with van der Waals surface area (Å²) in [5.74, 6) is 0. The summed E-state index contributed by atoms with van der Waals surface area (Å²) in [5.41, 5.74) is 6.24. The molecule has 1 heterocycles. The van der Waals surface area contributed by atoms with Crippen molar-refractivity contribution in [3.05, 3.63) is 0 Å². The summed E-state index contributed by atoms with van der Waals surface area (Å²) in [6.07, 6.45) is 7.73. The predicted octanol–water partition coefficient (Wildman–Crippen LogP) is 2.38. The number of nitrogens with two attached hydrogens (primary N) is 1. The van der Waals surface area contributed by atoms with Crippen LogP contribution < -0.4 is 5.73 Å². The minimum Gasteiger partial charge on any atom is -0.326 e. The minimum atomic E-state index is 0.409. The van der Waals surface area contributed by atoms with Crippen LogP contribution in [0.5, 0.6) is 0 Å². The number of rotatable bonds is 5. The zero-order chi connectivity index (χ0) is 10.4. The highest BCUT2D eigenvalue weighted by Crippen LogP contribution is 2.20. The molecular formula is C12H26N2. The highest BCUT2D eigenvalue weighted by atomic mass is 15.2. The number of hydrogen-bond donors (Lipinski definition) is 1. The SMILES string of the molecule is CCCC(N)C1CCCCN1CCC. The summed E-state index contributed by atoms with van der Waals surface area (Å²) >= 11 is 0. The lowest BCUT2D eigenvalue weighted by molar-refractivity contribution is 0.123. The summed E-state index contributed by atoms with van der Waals surface area (Å²) in [7, 11) is 0. The maximum absolute atomic E-state index is 6.24. The molecule has 1 aliphatic rings. The smallest absolute Gasteiger partial charge is 0.0247 e. The van der Waals surface area contributed by atoms with Gasteiger partial charge >= 0.3 is 0 Å². The normalized spacial score (nSPS) is 26.4. The van der Waals surface area contributed by atoms with E-state index >= 15 is 0 Å². The molecule has 0 spiro atoms. The fourth-order valence-electron chi connectivity index (χ4n) is 2.59. The summed E-state index contributed by atoms with van der Waals surface area (Å²) in [5, 5.41) is 0. The number of nitrogens with zero attached hydrogens (tertiary/aromatic N) is 1. The van der Waals surface area contributed by atoms with Crippen LogP contribution in [0.2, 0.25) is 0 Å². The Morgan fingerprint density at radius 1 is 1.29 bits per heavy atom. The fourth-order valence-corrected chi connectivity index (χ4v) is 2.59. The Labute approximate surface area is 88.8 Å². The molecular weight excluding hydrogens is 172 g/mol. The summed E-state index contributed by atoms with van der Waals surface area (Å²) in [4.78, 5) is 2.61. The topological polar surface area (TPSA) is 29.3 Å². The van der Waals surface area contributed by atoms with Crippen LogP contribution in [0.4, 0.5) is 0 Å². The maximum atomic E-state index is 6.24. The Hall–Kier alpha value is -0.0800. The molecule has 84 valence electrons. The van der Waals surface area contributed by atoms with Crippen molar-refractivity contribution in [1.29, 1.82) is 0 Å². The lowest BCUT2D eigenvalue weighted by Crippen LogP contribution is -2.50. The Balaban J connectivity index is 2.44. The molecule has 0 amide bonds. The van der Waals surface area contributed by atoms with Crippen LogP contribution in [0.3, 0.4) is 0 Å². The maximum Gasteiger partial charge on any atom is 0.0247 e. The average Bonchev–Trinajstić information content (AvgIpc) is 2.19. The number of hydrogen-bond acceptors (Lipinski definition) is 2. The lowest BCUT2D eigenvalue weighted by atomic mass is 9.93. The first-order valence-corrected chi connectivity index (χ1v) is 6.29. The van der Waals surface area contributed by atoms with Crippen molar-refractivity contribution in [2.45, 2.75) is 64.5 Å². The van der Waals surface area contributed by atoms with Gasteiger partial charge in [0.1, 0.15) is 0 Å². The van der Waals surface area contributed by atoms with E-state index in [1.165, 1.54) is 51.6 Å². The van der Waals surface area contributed by atoms with Crippen molar-refractivity contribution in [3.8, 4) is 0 Å². The molecule has 2 heteroatoms. The second-order valence-corrected chi connectivity index (χ2v) is 4.55. The molecule has 14 heavy (non-hydrogen) atoms. The molecule has 0 saturated carbocycles. The Bertz CT molecular complexity index is 145. The van der Waals surface area contributed by atoms with Gasteiger partial charge in [-0.25, -0.2) is 0 Å². The van der Waals surface area contributed by atoms with E-state index < -0.39 is 0 Å². The third kappa shape index (κ3) is 3.25. The molecule has 0 radical (unpaired) electrons. The van der Waals surface area contributed by atoms with Gasteiger partial charge in [-0.2, -0.15) is 0 Å². The van der Waals surface area contributed by atoms with Crippen molar-refractivity contribution < 1.29 is 0 Å². The molecule has 1 saturated heterocycles. The zero-order valence-corrected chi connectivity index (χ0v) is 9.84. The molecule has 0 bridgehead atoms. The van der Waals surface area contributed by atoms with Gasteiger partial charge in [-0.15, -0.1) is 0 Å². The first kappa shape index (κ1) is 12.0. The molecule has 1 aliphatic heterocycles. The number of piperidine rings is 1. The van der Waals surface area contributed by atoms with Gasteiger partial charge in [0, 0.05) is 12.1 Å². The fraction of sp³-hybridized carbons (Fsp3) is 1.00. The van der Waals surface area contributed by atoms with Gasteiger partial charge in [-0.3, -0.25) is 4.90 Å². The summed E-state index contributed by atoms with van der Waals surface area (Å²) in [6.45, 7) is 7.00. The first-order valence-electron chi connectivity index (χ1n) is 6.29. The standard InChI is InChI=1S/C12H26N2/c1-3-7-11(13)12-8-5-6-10-14(12)9-4-2/h11-12H,3-10,13H2,1-2H3. The van der Waals surface area contributed by atoms with Gasteiger partial charge < -0.3 is 5.73 Å². The lowest BCUT2D eigenvalue weighted by Gasteiger charge is -2.39. The predicted molar refractivity (Wildman–Crippen MR) is 62.4 cm³/mol. The molecule has 0 aliphatic carbocycles. The van der Waals surface area contributed by atoms with E-state index in [1.54, 1.807) is 0 Å². The molecule has 0 aromatic rings. The highest BCUT2D eigenvalue weighted by Gasteiger charge is 2.26. The van der Waals surface area contributed by atoms with Crippen molar-refractivity contribution in [2.24, 2.45) is 5.73 Å². The van der Waals surface area contributed by atoms with Gasteiger partial charge in [0.15, 0.2) is 0 Å². The van der Waals surface area contributed by atoms with Crippen LogP contribution in [0.25, 0.3) is 0 Å². The van der Waals surface area contributed by atoms with Crippen molar-refractivity contribution in [1.82, 2.24) is 4.90 Å². The molecule has 2 N–H and O–H groups in total. The van der Waals surface area contributed by atoms with E-state index in [-0.39, 0.29) is 0 Å². The molecule has 0 aromatic carbocycles. The van der Waals surface area contributed by atoms with Crippen LogP contribution in [-0.2, 0) is 0 Å². The van der Waals surface area contributed by atoms with Crippen molar-refractivity contribution >= 4 is 0 Å². The largest absolute Gasteiger partial charge is 0.326 e. The van der Waals surface area contributed by atoms with Gasteiger partial charge in [0.25, 0.3) is 0 Å². The molecule has 2 nitrogen and oxygen atoms in total. The molecule has 2 atom stereocenters. The molecule has 2 unspecified atom stereocenters. The minimum absolute atomic E-state index is 0.409. The van der Waals surface area contributed by atoms with Crippen LogP contribution >= 0.6 is 0 Å². The quantitative estimate of drug-likeness (QED) is 0.735. The second kappa shape index (κ2) is 6.41. The van der Waals surface area contributed by atoms with Gasteiger partial charge in [0.2, 0.25) is 0 Å². The average molecular weight is 198 g/mol. The zero-order valence-electron chi connectivity index (χ0n) is 9.84. The molecule has 1 fully saturated rings. The summed E-state index contributed by atoms with van der Waals surface area (Å²) in [6, 6.07) is 1.08. The van der Waals surface area contributed by atoms with Gasteiger partial charge in [-0.05, 0) is 38.8 Å². The molecule has 0 aromatic heterocycles. The highest BCUT2D eigenvalue weighted by molar-refractivity contribution is 4.84. The van der Waals surface area contributed by atoms with Crippen molar-refractivity contribution in [3.63, 3.8) is 0 Å². The third-order valence-corrected chi connectivity index (χ3v) is 3.29. The first-order chi connectivity index (χ1) is 6.79. The Kier molecular flexibility index (Phi) is 5.49. The van der Waals surface area contributed by atoms with Crippen LogP contribution in [0.15, 0.2) is 0 Å². The van der Waals surface area contributed by atoms with E-state index in [0.29, 0.717) is 12.1 Å². The third-order valence-electron chi connectivity index (χ3n) is 3.29. The van der Waals surface area contributed by atoms with Crippen LogP contribution in [0, 0.1) is 0 Å². The number of likely N-dealkylation sites (tertiary alicyclic amines) is 1. The van der Waals surface area contributed by atoms with Crippen molar-refractivity contribution in [2.75, 3.05) is 13.1 Å². The van der Waals surface area contributed by atoms with Crippen LogP contribution in [-0.4, -0.2) is 30.1 Å². The second-order valence-electron chi connectivity index (χ2n) is 4.55. The van der Waals surface area contributed by atoms with E-state index in [2.05, 4.69) is 18.7 Å². The monoisotopic (exact) mass is 198 g/mol.